The van der Waals surface area contributed by atoms with E-state index in [2.05, 4.69) is 59.4 Å². The van der Waals surface area contributed by atoms with E-state index >= 15 is 0 Å². The lowest BCUT2D eigenvalue weighted by atomic mass is 10.2. The maximum Gasteiger partial charge on any atom is 0.363 e. The topological polar surface area (TPSA) is 38.7 Å². The molecule has 0 atom stereocenters. The largest absolute Gasteiger partial charge is 0.402 e. The molecule has 1 heterocycles. The highest BCUT2D eigenvalue weighted by atomic mass is 127. The Balaban J connectivity index is 1.98. The zero-order chi connectivity index (χ0) is 15.7. The van der Waals surface area contributed by atoms with E-state index in [4.69, 9.17) is 4.74 Å². The Morgan fingerprint density at radius 2 is 1.86 bits per heavy atom. The second-order valence-corrected chi connectivity index (χ2v) is 7.36. The van der Waals surface area contributed by atoms with E-state index in [1.54, 1.807) is 6.08 Å². The lowest BCUT2D eigenvalue weighted by Crippen LogP contribution is -2.05. The van der Waals surface area contributed by atoms with Crippen LogP contribution in [0.5, 0.6) is 0 Å². The van der Waals surface area contributed by atoms with Crippen molar-refractivity contribution in [3.05, 3.63) is 71.8 Å². The Labute approximate surface area is 157 Å². The van der Waals surface area contributed by atoms with Crippen molar-refractivity contribution >= 4 is 72.4 Å². The highest BCUT2D eigenvalue weighted by Gasteiger charge is 2.24. The second-order valence-electron chi connectivity index (χ2n) is 4.49. The predicted molar refractivity (Wildman–Crippen MR) is 102 cm³/mol. The molecule has 0 aliphatic carbocycles. The van der Waals surface area contributed by atoms with Gasteiger partial charge in [0, 0.05) is 18.1 Å². The molecule has 110 valence electrons. The molecule has 3 nitrogen and oxygen atoms in total. The number of cyclic esters (lactones) is 1. The molecule has 0 saturated heterocycles. The number of esters is 1. The van der Waals surface area contributed by atoms with Crippen molar-refractivity contribution in [1.29, 1.82) is 0 Å². The standard InChI is InChI=1S/C16H8Br2INO2/c17-11-4-2-1-3-9(11)8-14-16(21)22-15(20-14)10-5-6-13(19)12(18)7-10/h1-8H/b14-8-. The molecule has 0 amide bonds. The summed E-state index contributed by atoms with van der Waals surface area (Å²) in [6, 6.07) is 13.3. The van der Waals surface area contributed by atoms with Crippen molar-refractivity contribution in [3.8, 4) is 0 Å². The molecular formula is C16H8Br2INO2. The first-order chi connectivity index (χ1) is 10.5. The Morgan fingerprint density at radius 1 is 1.09 bits per heavy atom. The van der Waals surface area contributed by atoms with E-state index in [0.29, 0.717) is 5.90 Å². The lowest BCUT2D eigenvalue weighted by Gasteiger charge is -2.01. The molecule has 2 aromatic rings. The van der Waals surface area contributed by atoms with Crippen LogP contribution in [0.3, 0.4) is 0 Å². The summed E-state index contributed by atoms with van der Waals surface area (Å²) in [6.45, 7) is 0. The van der Waals surface area contributed by atoms with Crippen molar-refractivity contribution < 1.29 is 9.53 Å². The fourth-order valence-electron chi connectivity index (χ4n) is 1.90. The molecule has 6 heteroatoms. The molecule has 0 saturated carbocycles. The van der Waals surface area contributed by atoms with Gasteiger partial charge in [-0.1, -0.05) is 34.1 Å². The van der Waals surface area contributed by atoms with Gasteiger partial charge in [-0.3, -0.25) is 0 Å². The van der Waals surface area contributed by atoms with E-state index in [-0.39, 0.29) is 5.70 Å². The number of hydrogen-bond acceptors (Lipinski definition) is 3. The van der Waals surface area contributed by atoms with Crippen LogP contribution in [0.2, 0.25) is 0 Å². The van der Waals surface area contributed by atoms with Gasteiger partial charge in [0.2, 0.25) is 5.90 Å². The number of aliphatic imine (C=N–C) groups is 1. The van der Waals surface area contributed by atoms with Crippen LogP contribution in [0.25, 0.3) is 6.08 Å². The van der Waals surface area contributed by atoms with Gasteiger partial charge in [0.15, 0.2) is 5.70 Å². The van der Waals surface area contributed by atoms with Crippen LogP contribution in [0.4, 0.5) is 0 Å². The third-order valence-corrected chi connectivity index (χ3v) is 6.04. The van der Waals surface area contributed by atoms with Crippen LogP contribution >= 0.6 is 54.5 Å². The summed E-state index contributed by atoms with van der Waals surface area (Å²) in [5.74, 6) is -0.124. The summed E-state index contributed by atoms with van der Waals surface area (Å²) in [5.41, 5.74) is 1.93. The van der Waals surface area contributed by atoms with Crippen molar-refractivity contribution in [1.82, 2.24) is 0 Å². The molecule has 0 radical (unpaired) electrons. The third-order valence-electron chi connectivity index (χ3n) is 2.98. The van der Waals surface area contributed by atoms with Gasteiger partial charge in [0.05, 0.1) is 0 Å². The molecule has 1 aliphatic rings. The third kappa shape index (κ3) is 3.33. The first-order valence-corrected chi connectivity index (χ1v) is 8.93. The van der Waals surface area contributed by atoms with E-state index in [1.165, 1.54) is 0 Å². The first kappa shape index (κ1) is 15.9. The van der Waals surface area contributed by atoms with Gasteiger partial charge in [-0.25, -0.2) is 9.79 Å². The zero-order valence-electron chi connectivity index (χ0n) is 11.0. The number of nitrogens with zero attached hydrogens (tertiary/aromatic N) is 1. The van der Waals surface area contributed by atoms with E-state index < -0.39 is 5.97 Å². The quantitative estimate of drug-likeness (QED) is 0.304. The van der Waals surface area contributed by atoms with E-state index in [9.17, 15) is 4.79 Å². The predicted octanol–water partition coefficient (Wildman–Crippen LogP) is 5.16. The average Bonchev–Trinajstić information content (AvgIpc) is 2.85. The molecule has 0 bridgehead atoms. The number of benzene rings is 2. The van der Waals surface area contributed by atoms with Crippen molar-refractivity contribution in [2.45, 2.75) is 0 Å². The van der Waals surface area contributed by atoms with Crippen LogP contribution < -0.4 is 0 Å². The summed E-state index contributed by atoms with van der Waals surface area (Å²) in [5, 5.41) is 0. The van der Waals surface area contributed by atoms with Gasteiger partial charge < -0.3 is 4.74 Å². The van der Waals surface area contributed by atoms with Crippen LogP contribution in [-0.4, -0.2) is 11.9 Å². The number of hydrogen-bond donors (Lipinski definition) is 0. The number of halogens is 3. The molecular weight excluding hydrogens is 525 g/mol. The SMILES string of the molecule is O=C1OC(c2ccc(I)c(Br)c2)=N/C1=C\c1ccccc1Br. The Hall–Kier alpha value is -0.990. The molecule has 1 aliphatic heterocycles. The fraction of sp³-hybridized carbons (Fsp3) is 0. The average molecular weight is 533 g/mol. The van der Waals surface area contributed by atoms with Crippen LogP contribution in [0, 0.1) is 3.57 Å². The minimum atomic E-state index is -0.444. The van der Waals surface area contributed by atoms with Crippen molar-refractivity contribution in [2.24, 2.45) is 4.99 Å². The van der Waals surface area contributed by atoms with Crippen molar-refractivity contribution in [2.75, 3.05) is 0 Å². The molecule has 22 heavy (non-hydrogen) atoms. The molecule has 0 N–H and O–H groups in total. The van der Waals surface area contributed by atoms with E-state index in [1.807, 2.05) is 42.5 Å². The monoisotopic (exact) mass is 531 g/mol. The summed E-state index contributed by atoms with van der Waals surface area (Å²) < 4.78 is 8.19. The second kappa shape index (κ2) is 6.64. The number of ether oxygens (including phenoxy) is 1. The smallest absolute Gasteiger partial charge is 0.363 e. The maximum absolute atomic E-state index is 12.0. The minimum Gasteiger partial charge on any atom is -0.402 e. The molecule has 0 fully saturated rings. The summed E-state index contributed by atoms with van der Waals surface area (Å²) >= 11 is 9.13. The highest BCUT2D eigenvalue weighted by Crippen LogP contribution is 2.25. The van der Waals surface area contributed by atoms with Gasteiger partial charge in [-0.2, -0.15) is 0 Å². The molecule has 0 spiro atoms. The Morgan fingerprint density at radius 3 is 2.59 bits per heavy atom. The van der Waals surface area contributed by atoms with Crippen LogP contribution in [0.15, 0.2) is 62.1 Å². The van der Waals surface area contributed by atoms with Gasteiger partial charge in [0.1, 0.15) is 0 Å². The highest BCUT2D eigenvalue weighted by molar-refractivity contribution is 14.1. The van der Waals surface area contributed by atoms with E-state index in [0.717, 1.165) is 23.6 Å². The van der Waals surface area contributed by atoms with Gasteiger partial charge in [-0.05, 0) is 74.4 Å². The van der Waals surface area contributed by atoms with Gasteiger partial charge in [0.25, 0.3) is 0 Å². The van der Waals surface area contributed by atoms with Crippen LogP contribution in [0.1, 0.15) is 11.1 Å². The molecule has 3 rings (SSSR count). The summed E-state index contributed by atoms with van der Waals surface area (Å²) in [7, 11) is 0. The maximum atomic E-state index is 12.0. The van der Waals surface area contributed by atoms with Crippen LogP contribution in [-0.2, 0) is 9.53 Å². The number of carbonyl (C=O) groups excluding carboxylic acids is 1. The summed E-state index contributed by atoms with van der Waals surface area (Å²) in [6.07, 6.45) is 1.71. The Bertz CT molecular complexity index is 831. The molecule has 0 aromatic heterocycles. The summed E-state index contributed by atoms with van der Waals surface area (Å²) in [4.78, 5) is 16.3. The minimum absolute atomic E-state index is 0.288. The fourth-order valence-corrected chi connectivity index (χ4v) is 3.01. The zero-order valence-corrected chi connectivity index (χ0v) is 16.3. The Kier molecular flexibility index (Phi) is 4.79. The van der Waals surface area contributed by atoms with Gasteiger partial charge in [-0.15, -0.1) is 0 Å². The first-order valence-electron chi connectivity index (χ1n) is 6.27. The van der Waals surface area contributed by atoms with Crippen molar-refractivity contribution in [3.63, 3.8) is 0 Å². The molecule has 2 aromatic carbocycles. The normalized spacial score (nSPS) is 15.9. The lowest BCUT2D eigenvalue weighted by molar-refractivity contribution is -0.129. The van der Waals surface area contributed by atoms with Gasteiger partial charge >= 0.3 is 5.97 Å². The molecule has 0 unspecified atom stereocenters. The number of rotatable bonds is 2. The number of carbonyl (C=O) groups is 1.